The van der Waals surface area contributed by atoms with Crippen LogP contribution in [0.5, 0.6) is 0 Å². The van der Waals surface area contributed by atoms with E-state index in [4.69, 9.17) is 0 Å². The largest absolute Gasteiger partial charge is 0.289 e. The van der Waals surface area contributed by atoms with E-state index in [-0.39, 0.29) is 11.3 Å². The number of hydrogen-bond donors (Lipinski definition) is 0. The minimum atomic E-state index is -0.903. The predicted octanol–water partition coefficient (Wildman–Crippen LogP) is 5.17. The SMILES string of the molecule is Cc1c(C(=O)c2ccccc2)cccc1-c1cccc(F)c1F. The highest BCUT2D eigenvalue weighted by atomic mass is 19.2. The van der Waals surface area contributed by atoms with E-state index >= 15 is 0 Å². The van der Waals surface area contributed by atoms with Crippen LogP contribution in [0.2, 0.25) is 0 Å². The lowest BCUT2D eigenvalue weighted by Crippen LogP contribution is -2.05. The molecule has 0 saturated heterocycles. The summed E-state index contributed by atoms with van der Waals surface area (Å²) < 4.78 is 27.5. The van der Waals surface area contributed by atoms with Crippen molar-refractivity contribution in [1.29, 1.82) is 0 Å². The van der Waals surface area contributed by atoms with Gasteiger partial charge in [0, 0.05) is 16.7 Å². The Hall–Kier alpha value is -2.81. The Balaban J connectivity index is 2.13. The lowest BCUT2D eigenvalue weighted by atomic mass is 9.92. The van der Waals surface area contributed by atoms with Gasteiger partial charge in [0.1, 0.15) is 0 Å². The van der Waals surface area contributed by atoms with Gasteiger partial charge in [-0.1, -0.05) is 60.7 Å². The first-order chi connectivity index (χ1) is 11.1. The fraction of sp³-hybridized carbons (Fsp3) is 0.0500. The van der Waals surface area contributed by atoms with Gasteiger partial charge >= 0.3 is 0 Å². The van der Waals surface area contributed by atoms with Crippen molar-refractivity contribution in [3.8, 4) is 11.1 Å². The fourth-order valence-corrected chi connectivity index (χ4v) is 2.63. The summed E-state index contributed by atoms with van der Waals surface area (Å²) in [6.07, 6.45) is 0. The van der Waals surface area contributed by atoms with Crippen LogP contribution in [0.1, 0.15) is 21.5 Å². The van der Waals surface area contributed by atoms with Crippen LogP contribution in [-0.2, 0) is 0 Å². The second-order valence-corrected chi connectivity index (χ2v) is 5.27. The molecule has 0 atom stereocenters. The zero-order valence-corrected chi connectivity index (χ0v) is 12.5. The maximum atomic E-state index is 14.1. The van der Waals surface area contributed by atoms with E-state index in [0.717, 1.165) is 6.07 Å². The van der Waals surface area contributed by atoms with E-state index in [2.05, 4.69) is 0 Å². The van der Waals surface area contributed by atoms with E-state index in [1.807, 2.05) is 6.07 Å². The summed E-state index contributed by atoms with van der Waals surface area (Å²) in [7, 11) is 0. The first-order valence-electron chi connectivity index (χ1n) is 7.23. The number of rotatable bonds is 3. The smallest absolute Gasteiger partial charge is 0.193 e. The van der Waals surface area contributed by atoms with E-state index in [1.54, 1.807) is 49.4 Å². The van der Waals surface area contributed by atoms with Crippen molar-refractivity contribution in [2.24, 2.45) is 0 Å². The van der Waals surface area contributed by atoms with Crippen molar-refractivity contribution in [2.45, 2.75) is 6.92 Å². The molecule has 0 saturated carbocycles. The molecule has 0 unspecified atom stereocenters. The van der Waals surface area contributed by atoms with Crippen molar-refractivity contribution in [3.63, 3.8) is 0 Å². The highest BCUT2D eigenvalue weighted by molar-refractivity contribution is 6.10. The van der Waals surface area contributed by atoms with E-state index in [9.17, 15) is 13.6 Å². The molecule has 0 bridgehead atoms. The Labute approximate surface area is 133 Å². The van der Waals surface area contributed by atoms with Gasteiger partial charge in [-0.2, -0.15) is 0 Å². The zero-order chi connectivity index (χ0) is 16.4. The van der Waals surface area contributed by atoms with Gasteiger partial charge in [-0.25, -0.2) is 8.78 Å². The molecule has 3 aromatic rings. The molecule has 0 fully saturated rings. The van der Waals surface area contributed by atoms with E-state index in [1.165, 1.54) is 12.1 Å². The lowest BCUT2D eigenvalue weighted by molar-refractivity contribution is 0.103. The Morgan fingerprint density at radius 3 is 2.17 bits per heavy atom. The number of carbonyl (C=O) groups is 1. The van der Waals surface area contributed by atoms with Gasteiger partial charge in [-0.3, -0.25) is 4.79 Å². The summed E-state index contributed by atoms with van der Waals surface area (Å²) in [5, 5.41) is 0. The first-order valence-corrected chi connectivity index (χ1v) is 7.23. The van der Waals surface area contributed by atoms with Crippen LogP contribution in [-0.4, -0.2) is 5.78 Å². The normalized spacial score (nSPS) is 10.6. The average Bonchev–Trinajstić information content (AvgIpc) is 2.58. The third-order valence-corrected chi connectivity index (χ3v) is 3.86. The maximum Gasteiger partial charge on any atom is 0.193 e. The van der Waals surface area contributed by atoms with Gasteiger partial charge in [0.25, 0.3) is 0 Å². The number of hydrogen-bond acceptors (Lipinski definition) is 1. The molecule has 0 N–H and O–H groups in total. The van der Waals surface area contributed by atoms with Crippen molar-refractivity contribution < 1.29 is 13.6 Å². The quantitative estimate of drug-likeness (QED) is 0.610. The second-order valence-electron chi connectivity index (χ2n) is 5.27. The molecule has 0 amide bonds. The van der Waals surface area contributed by atoms with Crippen LogP contribution < -0.4 is 0 Å². The van der Waals surface area contributed by atoms with E-state index < -0.39 is 11.6 Å². The number of halogens is 2. The second kappa shape index (κ2) is 6.13. The third-order valence-electron chi connectivity index (χ3n) is 3.86. The molecular weight excluding hydrogens is 294 g/mol. The molecule has 23 heavy (non-hydrogen) atoms. The number of benzene rings is 3. The van der Waals surface area contributed by atoms with Crippen LogP contribution in [0.4, 0.5) is 8.78 Å². The lowest BCUT2D eigenvalue weighted by Gasteiger charge is -2.12. The van der Waals surface area contributed by atoms with Crippen molar-refractivity contribution in [3.05, 3.63) is 95.1 Å². The average molecular weight is 308 g/mol. The molecule has 0 aromatic heterocycles. The highest BCUT2D eigenvalue weighted by Crippen LogP contribution is 2.30. The van der Waals surface area contributed by atoms with Crippen molar-refractivity contribution >= 4 is 5.78 Å². The molecule has 0 aliphatic carbocycles. The molecule has 1 nitrogen and oxygen atoms in total. The molecule has 3 aromatic carbocycles. The molecule has 3 rings (SSSR count). The van der Waals surface area contributed by atoms with Gasteiger partial charge < -0.3 is 0 Å². The van der Waals surface area contributed by atoms with Crippen LogP contribution >= 0.6 is 0 Å². The standard InChI is InChI=1S/C20H14F2O/c1-13-15(17-11-6-12-18(21)19(17)22)9-5-10-16(13)20(23)14-7-3-2-4-8-14/h2-12H,1H3. The van der Waals surface area contributed by atoms with Crippen molar-refractivity contribution in [2.75, 3.05) is 0 Å². The van der Waals surface area contributed by atoms with Crippen molar-refractivity contribution in [1.82, 2.24) is 0 Å². The zero-order valence-electron chi connectivity index (χ0n) is 12.5. The summed E-state index contributed by atoms with van der Waals surface area (Å²) in [5.74, 6) is -1.94. The van der Waals surface area contributed by atoms with Gasteiger partial charge in [-0.15, -0.1) is 0 Å². The summed E-state index contributed by atoms with van der Waals surface area (Å²) in [6, 6.07) is 18.0. The topological polar surface area (TPSA) is 17.1 Å². The molecule has 0 heterocycles. The summed E-state index contributed by atoms with van der Waals surface area (Å²) in [6.45, 7) is 1.75. The fourth-order valence-electron chi connectivity index (χ4n) is 2.63. The Morgan fingerprint density at radius 1 is 0.783 bits per heavy atom. The minimum Gasteiger partial charge on any atom is -0.289 e. The molecule has 0 spiro atoms. The molecule has 3 heteroatoms. The number of carbonyl (C=O) groups excluding carboxylic acids is 1. The van der Waals surface area contributed by atoms with Gasteiger partial charge in [0.15, 0.2) is 17.4 Å². The van der Waals surface area contributed by atoms with Crippen LogP contribution in [0, 0.1) is 18.6 Å². The Bertz CT molecular complexity index is 870. The monoisotopic (exact) mass is 308 g/mol. The molecule has 0 radical (unpaired) electrons. The molecule has 114 valence electrons. The minimum absolute atomic E-state index is 0.137. The third kappa shape index (κ3) is 2.78. The molecular formula is C20H14F2O. The summed E-state index contributed by atoms with van der Waals surface area (Å²) in [5.41, 5.74) is 2.35. The maximum absolute atomic E-state index is 14.1. The number of ketones is 1. The Morgan fingerprint density at radius 2 is 1.43 bits per heavy atom. The predicted molar refractivity (Wildman–Crippen MR) is 86.4 cm³/mol. The van der Waals surface area contributed by atoms with Crippen LogP contribution in [0.15, 0.2) is 66.7 Å². The van der Waals surface area contributed by atoms with Crippen LogP contribution in [0.3, 0.4) is 0 Å². The summed E-state index contributed by atoms with van der Waals surface area (Å²) in [4.78, 5) is 12.6. The van der Waals surface area contributed by atoms with Gasteiger partial charge in [0.2, 0.25) is 0 Å². The first kappa shape index (κ1) is 15.1. The molecule has 0 aliphatic heterocycles. The van der Waals surface area contributed by atoms with Gasteiger partial charge in [-0.05, 0) is 24.1 Å². The summed E-state index contributed by atoms with van der Waals surface area (Å²) >= 11 is 0. The molecule has 0 aliphatic rings. The highest BCUT2D eigenvalue weighted by Gasteiger charge is 2.17. The van der Waals surface area contributed by atoms with Gasteiger partial charge in [0.05, 0.1) is 0 Å². The Kier molecular flexibility index (Phi) is 4.02. The van der Waals surface area contributed by atoms with Crippen LogP contribution in [0.25, 0.3) is 11.1 Å². The van der Waals surface area contributed by atoms with E-state index in [0.29, 0.717) is 22.3 Å².